The predicted octanol–water partition coefficient (Wildman–Crippen LogP) is 4.79. The van der Waals surface area contributed by atoms with Crippen molar-refractivity contribution in [2.45, 2.75) is 38.1 Å². The summed E-state index contributed by atoms with van der Waals surface area (Å²) >= 11 is 7.08. The van der Waals surface area contributed by atoms with E-state index in [-0.39, 0.29) is 6.04 Å². The van der Waals surface area contributed by atoms with Crippen LogP contribution in [-0.2, 0) is 0 Å². The van der Waals surface area contributed by atoms with E-state index in [9.17, 15) is 0 Å². The second-order valence-corrected chi connectivity index (χ2v) is 6.43. The van der Waals surface area contributed by atoms with E-state index >= 15 is 0 Å². The molecule has 0 aliphatic heterocycles. The van der Waals surface area contributed by atoms with Crippen LogP contribution in [0.5, 0.6) is 0 Å². The van der Waals surface area contributed by atoms with Gasteiger partial charge in [0.05, 0.1) is 0 Å². The van der Waals surface area contributed by atoms with Crippen molar-refractivity contribution >= 4 is 31.9 Å². The van der Waals surface area contributed by atoms with Crippen LogP contribution in [0.1, 0.15) is 43.7 Å². The van der Waals surface area contributed by atoms with E-state index in [1.54, 1.807) is 0 Å². The lowest BCUT2D eigenvalue weighted by molar-refractivity contribution is 0.450. The van der Waals surface area contributed by atoms with Crippen molar-refractivity contribution in [1.82, 2.24) is 0 Å². The normalized spacial score (nSPS) is 18.9. The lowest BCUT2D eigenvalue weighted by atomic mass is 9.94. The number of halogens is 2. The summed E-state index contributed by atoms with van der Waals surface area (Å²) in [4.78, 5) is 0. The first-order valence-electron chi connectivity index (χ1n) is 5.87. The van der Waals surface area contributed by atoms with Gasteiger partial charge in [-0.25, -0.2) is 0 Å². The average Bonchev–Trinajstić information content (AvgIpc) is 2.74. The number of hydrogen-bond donors (Lipinski definition) is 1. The van der Waals surface area contributed by atoms with Crippen LogP contribution >= 0.6 is 31.9 Å². The maximum Gasteiger partial charge on any atom is 0.0309 e. The third-order valence-electron chi connectivity index (χ3n) is 3.42. The molecule has 16 heavy (non-hydrogen) atoms. The van der Waals surface area contributed by atoms with Crippen LogP contribution < -0.4 is 5.73 Å². The van der Waals surface area contributed by atoms with Crippen LogP contribution in [0.15, 0.2) is 27.1 Å². The summed E-state index contributed by atoms with van der Waals surface area (Å²) in [6.45, 7) is 0. The molecule has 1 aromatic rings. The average molecular weight is 347 g/mol. The molecule has 0 saturated heterocycles. The van der Waals surface area contributed by atoms with Crippen LogP contribution in [0.25, 0.3) is 0 Å². The smallest absolute Gasteiger partial charge is 0.0309 e. The highest BCUT2D eigenvalue weighted by molar-refractivity contribution is 9.11. The lowest BCUT2D eigenvalue weighted by Crippen LogP contribution is -2.14. The van der Waals surface area contributed by atoms with E-state index in [1.165, 1.54) is 31.2 Å². The summed E-state index contributed by atoms with van der Waals surface area (Å²) < 4.78 is 2.23. The van der Waals surface area contributed by atoms with Crippen molar-refractivity contribution < 1.29 is 0 Å². The topological polar surface area (TPSA) is 26.0 Å². The molecule has 1 unspecified atom stereocenters. The molecule has 1 saturated carbocycles. The maximum atomic E-state index is 6.29. The molecule has 0 amide bonds. The minimum Gasteiger partial charge on any atom is -0.324 e. The maximum absolute atomic E-state index is 6.29. The summed E-state index contributed by atoms with van der Waals surface area (Å²) in [5.41, 5.74) is 7.52. The molecule has 1 aromatic carbocycles. The number of nitrogens with two attached hydrogens (primary N) is 1. The van der Waals surface area contributed by atoms with Gasteiger partial charge in [-0.05, 0) is 36.1 Å². The van der Waals surface area contributed by atoms with Gasteiger partial charge < -0.3 is 5.73 Å². The number of rotatable bonds is 3. The molecule has 0 spiro atoms. The minimum absolute atomic E-state index is 0.162. The number of hydrogen-bond acceptors (Lipinski definition) is 1. The Hall–Kier alpha value is 0.140. The Kier molecular flexibility index (Phi) is 4.45. The summed E-state index contributed by atoms with van der Waals surface area (Å²) in [6.07, 6.45) is 6.61. The van der Waals surface area contributed by atoms with Crippen molar-refractivity contribution in [3.8, 4) is 0 Å². The fourth-order valence-electron chi connectivity index (χ4n) is 2.53. The Balaban J connectivity index is 2.07. The van der Waals surface area contributed by atoms with E-state index in [4.69, 9.17) is 5.73 Å². The van der Waals surface area contributed by atoms with Crippen molar-refractivity contribution in [3.05, 3.63) is 32.7 Å². The Bertz CT molecular complexity index is 359. The fraction of sp³-hybridized carbons (Fsp3) is 0.538. The summed E-state index contributed by atoms with van der Waals surface area (Å²) in [7, 11) is 0. The van der Waals surface area contributed by atoms with Gasteiger partial charge in [0.2, 0.25) is 0 Å². The first-order valence-corrected chi connectivity index (χ1v) is 7.46. The van der Waals surface area contributed by atoms with Gasteiger partial charge in [-0.3, -0.25) is 0 Å². The largest absolute Gasteiger partial charge is 0.324 e. The Labute approximate surface area is 114 Å². The molecule has 0 heterocycles. The van der Waals surface area contributed by atoms with E-state index in [0.29, 0.717) is 0 Å². The Morgan fingerprint density at radius 3 is 2.62 bits per heavy atom. The lowest BCUT2D eigenvalue weighted by Gasteiger charge is -2.18. The van der Waals surface area contributed by atoms with Crippen molar-refractivity contribution in [1.29, 1.82) is 0 Å². The van der Waals surface area contributed by atoms with Gasteiger partial charge in [0, 0.05) is 15.0 Å². The van der Waals surface area contributed by atoms with Gasteiger partial charge in [0.25, 0.3) is 0 Å². The highest BCUT2D eigenvalue weighted by Crippen LogP contribution is 2.34. The zero-order valence-corrected chi connectivity index (χ0v) is 12.4. The Morgan fingerprint density at radius 2 is 1.94 bits per heavy atom. The van der Waals surface area contributed by atoms with Gasteiger partial charge in [-0.15, -0.1) is 0 Å². The molecule has 1 aliphatic carbocycles. The molecule has 88 valence electrons. The molecule has 1 fully saturated rings. The highest BCUT2D eigenvalue weighted by Gasteiger charge is 2.20. The zero-order chi connectivity index (χ0) is 11.5. The predicted molar refractivity (Wildman–Crippen MR) is 75.3 cm³/mol. The van der Waals surface area contributed by atoms with E-state index < -0.39 is 0 Å². The highest BCUT2D eigenvalue weighted by atomic mass is 79.9. The third-order valence-corrected chi connectivity index (χ3v) is 4.63. The summed E-state index contributed by atoms with van der Waals surface area (Å²) in [5, 5.41) is 0. The van der Waals surface area contributed by atoms with Crippen LogP contribution in [0.3, 0.4) is 0 Å². The summed E-state index contributed by atoms with van der Waals surface area (Å²) in [6, 6.07) is 6.39. The molecule has 0 radical (unpaired) electrons. The molecule has 0 bridgehead atoms. The van der Waals surface area contributed by atoms with Gasteiger partial charge in [0.15, 0.2) is 0 Å². The monoisotopic (exact) mass is 345 g/mol. The van der Waals surface area contributed by atoms with Gasteiger partial charge in [0.1, 0.15) is 0 Å². The molecular weight excluding hydrogens is 330 g/mol. The van der Waals surface area contributed by atoms with Gasteiger partial charge >= 0.3 is 0 Å². The van der Waals surface area contributed by atoms with E-state index in [2.05, 4.69) is 44.0 Å². The zero-order valence-electron chi connectivity index (χ0n) is 9.26. The molecule has 2 N–H and O–H groups in total. The van der Waals surface area contributed by atoms with Crippen LogP contribution in [0, 0.1) is 5.92 Å². The molecular formula is C13H17Br2N. The fourth-order valence-corrected chi connectivity index (χ4v) is 3.45. The van der Waals surface area contributed by atoms with Crippen LogP contribution in [0.2, 0.25) is 0 Å². The van der Waals surface area contributed by atoms with Crippen LogP contribution in [-0.4, -0.2) is 0 Å². The van der Waals surface area contributed by atoms with Crippen molar-refractivity contribution in [3.63, 3.8) is 0 Å². The van der Waals surface area contributed by atoms with E-state index in [1.807, 2.05) is 6.07 Å². The SMILES string of the molecule is NC(CC1CCCC1)c1cc(Br)ccc1Br. The quantitative estimate of drug-likeness (QED) is 0.836. The van der Waals surface area contributed by atoms with Gasteiger partial charge in [-0.1, -0.05) is 57.5 Å². The molecule has 0 aromatic heterocycles. The molecule has 2 rings (SSSR count). The summed E-state index contributed by atoms with van der Waals surface area (Å²) in [5.74, 6) is 0.834. The van der Waals surface area contributed by atoms with Crippen LogP contribution in [0.4, 0.5) is 0 Å². The first kappa shape index (κ1) is 12.6. The number of benzene rings is 1. The van der Waals surface area contributed by atoms with Gasteiger partial charge in [-0.2, -0.15) is 0 Å². The standard InChI is InChI=1S/C13H17Br2N/c14-10-5-6-12(15)11(8-10)13(16)7-9-3-1-2-4-9/h5-6,8-9,13H,1-4,7,16H2. The van der Waals surface area contributed by atoms with Crippen molar-refractivity contribution in [2.75, 3.05) is 0 Å². The molecule has 1 aliphatic rings. The first-order chi connectivity index (χ1) is 7.66. The molecule has 1 atom stereocenters. The Morgan fingerprint density at radius 1 is 1.25 bits per heavy atom. The molecule has 1 nitrogen and oxygen atoms in total. The second-order valence-electron chi connectivity index (χ2n) is 4.66. The minimum atomic E-state index is 0.162. The molecule has 3 heteroatoms. The van der Waals surface area contributed by atoms with Crippen molar-refractivity contribution in [2.24, 2.45) is 11.7 Å². The second kappa shape index (κ2) is 5.65. The third kappa shape index (κ3) is 3.08. The van der Waals surface area contributed by atoms with E-state index in [0.717, 1.165) is 21.3 Å².